The first-order valence-electron chi connectivity index (χ1n) is 8.94. The molecule has 3 fully saturated rings. The van der Waals surface area contributed by atoms with Crippen molar-refractivity contribution in [3.05, 3.63) is 42.0 Å². The lowest BCUT2D eigenvalue weighted by Crippen LogP contribution is -2.40. The molecule has 0 N–H and O–H groups in total. The maximum absolute atomic E-state index is 12.8. The maximum Gasteiger partial charge on any atom is 0.254 e. The number of hydrogen-bond donors (Lipinski definition) is 0. The van der Waals surface area contributed by atoms with Crippen LogP contribution in [0.4, 0.5) is 5.69 Å². The lowest BCUT2D eigenvalue weighted by molar-refractivity contribution is -0.140. The van der Waals surface area contributed by atoms with Crippen LogP contribution in [0.5, 0.6) is 0 Å². The molecule has 1 saturated heterocycles. The number of carbonyl (C=O) groups excluding carboxylic acids is 2. The van der Waals surface area contributed by atoms with Crippen molar-refractivity contribution in [1.82, 2.24) is 5.01 Å². The molecule has 2 saturated carbocycles. The van der Waals surface area contributed by atoms with Crippen molar-refractivity contribution in [2.75, 3.05) is 19.0 Å². The summed E-state index contributed by atoms with van der Waals surface area (Å²) in [6, 6.07) is 7.87. The van der Waals surface area contributed by atoms with Gasteiger partial charge in [-0.15, -0.1) is 0 Å². The van der Waals surface area contributed by atoms with Crippen molar-refractivity contribution in [1.29, 1.82) is 0 Å². The Kier molecular flexibility index (Phi) is 3.00. The number of carbonyl (C=O) groups is 2. The van der Waals surface area contributed by atoms with E-state index in [9.17, 15) is 9.59 Å². The van der Waals surface area contributed by atoms with Gasteiger partial charge >= 0.3 is 0 Å². The fourth-order valence-corrected chi connectivity index (χ4v) is 5.04. The van der Waals surface area contributed by atoms with E-state index in [-0.39, 0.29) is 35.5 Å². The van der Waals surface area contributed by atoms with E-state index in [0.29, 0.717) is 11.8 Å². The van der Waals surface area contributed by atoms with Crippen molar-refractivity contribution < 1.29 is 9.59 Å². The molecule has 1 aromatic rings. The SMILES string of the molecule is CN(C)c1ccc(/C=N\N2C(=O)[C@@H]3[C@@H]4C=C[C@@H]([C@H]5C[C@@H]45)[C@@H]3C2=O)cc1. The predicted molar refractivity (Wildman–Crippen MR) is 94.9 cm³/mol. The van der Waals surface area contributed by atoms with Crippen LogP contribution in [0.2, 0.25) is 0 Å². The molecule has 128 valence electrons. The number of allylic oxidation sites excluding steroid dienone is 2. The Balaban J connectivity index is 1.39. The molecule has 5 aliphatic rings. The summed E-state index contributed by atoms with van der Waals surface area (Å²) < 4.78 is 0. The average Bonchev–Trinajstić information content (AvgIpc) is 3.39. The zero-order valence-corrected chi connectivity index (χ0v) is 14.4. The van der Waals surface area contributed by atoms with Gasteiger partial charge in [-0.1, -0.05) is 24.3 Å². The summed E-state index contributed by atoms with van der Waals surface area (Å²) in [6.45, 7) is 0. The van der Waals surface area contributed by atoms with Crippen LogP contribution in [0.15, 0.2) is 41.5 Å². The summed E-state index contributed by atoms with van der Waals surface area (Å²) in [5, 5.41) is 5.39. The second-order valence-corrected chi connectivity index (χ2v) is 7.87. The lowest BCUT2D eigenvalue weighted by atomic mass is 9.63. The Morgan fingerprint density at radius 3 is 2.08 bits per heavy atom. The van der Waals surface area contributed by atoms with E-state index < -0.39 is 0 Å². The Hall–Kier alpha value is -2.43. The van der Waals surface area contributed by atoms with Crippen molar-refractivity contribution in [2.24, 2.45) is 40.6 Å². The summed E-state index contributed by atoms with van der Waals surface area (Å²) >= 11 is 0. The molecule has 0 aromatic heterocycles. The van der Waals surface area contributed by atoms with Gasteiger partial charge in [-0.3, -0.25) is 9.59 Å². The van der Waals surface area contributed by atoms with Crippen LogP contribution in [-0.4, -0.2) is 37.1 Å². The molecule has 2 amide bonds. The summed E-state index contributed by atoms with van der Waals surface area (Å²) in [6.07, 6.45) is 7.15. The molecule has 4 aliphatic carbocycles. The molecule has 1 aromatic carbocycles. The predicted octanol–water partition coefficient (Wildman–Crippen LogP) is 2.14. The zero-order chi connectivity index (χ0) is 17.3. The highest BCUT2D eigenvalue weighted by molar-refractivity contribution is 6.06. The van der Waals surface area contributed by atoms with Crippen LogP contribution in [-0.2, 0) is 9.59 Å². The van der Waals surface area contributed by atoms with Gasteiger partial charge in [0.25, 0.3) is 11.8 Å². The average molecular weight is 335 g/mol. The van der Waals surface area contributed by atoms with Gasteiger partial charge in [-0.25, -0.2) is 0 Å². The molecule has 0 spiro atoms. The summed E-state index contributed by atoms with van der Waals surface area (Å²) in [5.74, 6) is 1.15. The third-order valence-electron chi connectivity index (χ3n) is 6.37. The fourth-order valence-electron chi connectivity index (χ4n) is 5.04. The van der Waals surface area contributed by atoms with Gasteiger partial charge in [0, 0.05) is 19.8 Å². The van der Waals surface area contributed by atoms with E-state index in [1.807, 2.05) is 43.3 Å². The van der Waals surface area contributed by atoms with Crippen LogP contribution in [0.1, 0.15) is 12.0 Å². The molecule has 1 heterocycles. The third kappa shape index (κ3) is 2.04. The first-order valence-corrected chi connectivity index (χ1v) is 8.94. The molecular formula is C20H21N3O2. The fraction of sp³-hybridized carbons (Fsp3) is 0.450. The van der Waals surface area contributed by atoms with Crippen molar-refractivity contribution in [3.8, 4) is 0 Å². The highest BCUT2D eigenvalue weighted by atomic mass is 16.2. The molecule has 6 atom stereocenters. The summed E-state index contributed by atoms with van der Waals surface area (Å²) in [4.78, 5) is 27.7. The third-order valence-corrected chi connectivity index (χ3v) is 6.37. The normalized spacial score (nSPS) is 37.6. The van der Waals surface area contributed by atoms with Crippen molar-refractivity contribution in [3.63, 3.8) is 0 Å². The number of imide groups is 1. The van der Waals surface area contributed by atoms with Crippen molar-refractivity contribution >= 4 is 23.7 Å². The molecule has 0 radical (unpaired) electrons. The van der Waals surface area contributed by atoms with E-state index in [1.54, 1.807) is 6.21 Å². The van der Waals surface area contributed by atoms with Gasteiger partial charge in [-0.05, 0) is 47.8 Å². The van der Waals surface area contributed by atoms with E-state index in [0.717, 1.165) is 16.3 Å². The van der Waals surface area contributed by atoms with Gasteiger partial charge in [0.1, 0.15) is 0 Å². The zero-order valence-electron chi connectivity index (χ0n) is 14.4. The molecular weight excluding hydrogens is 314 g/mol. The molecule has 6 rings (SSSR count). The number of amides is 2. The van der Waals surface area contributed by atoms with Gasteiger partial charge in [-0.2, -0.15) is 10.1 Å². The quantitative estimate of drug-likeness (QED) is 0.483. The van der Waals surface area contributed by atoms with Crippen LogP contribution < -0.4 is 4.90 Å². The standard InChI is InChI=1S/C20H21N3O2/c1-22(2)12-5-3-11(4-6-12)10-21-23-19(24)17-13-7-8-14(16-9-15(13)16)18(17)20(23)25/h3-8,10,13-18H,9H2,1-2H3/b21-10-/t13-,14+,15+,16-,17-,18+. The number of hydrogen-bond acceptors (Lipinski definition) is 4. The van der Waals surface area contributed by atoms with E-state index in [2.05, 4.69) is 17.3 Å². The highest BCUT2D eigenvalue weighted by Crippen LogP contribution is 2.65. The minimum Gasteiger partial charge on any atom is -0.378 e. The number of rotatable bonds is 3. The molecule has 5 nitrogen and oxygen atoms in total. The molecule has 0 unspecified atom stereocenters. The van der Waals surface area contributed by atoms with Crippen LogP contribution in [0.3, 0.4) is 0 Å². The van der Waals surface area contributed by atoms with Gasteiger partial charge in [0.05, 0.1) is 18.1 Å². The monoisotopic (exact) mass is 335 g/mol. The lowest BCUT2D eigenvalue weighted by Gasteiger charge is -2.37. The van der Waals surface area contributed by atoms with Gasteiger partial charge < -0.3 is 4.90 Å². The van der Waals surface area contributed by atoms with E-state index in [1.165, 1.54) is 6.42 Å². The minimum absolute atomic E-state index is 0.110. The second-order valence-electron chi connectivity index (χ2n) is 7.87. The minimum atomic E-state index is -0.181. The Morgan fingerprint density at radius 1 is 1.00 bits per heavy atom. The first-order chi connectivity index (χ1) is 12.1. The van der Waals surface area contributed by atoms with Crippen molar-refractivity contribution in [2.45, 2.75) is 6.42 Å². The summed E-state index contributed by atoms with van der Waals surface area (Å²) in [7, 11) is 3.97. The number of nitrogens with zero attached hydrogens (tertiary/aromatic N) is 3. The number of benzene rings is 1. The maximum atomic E-state index is 12.8. The summed E-state index contributed by atoms with van der Waals surface area (Å²) in [5.41, 5.74) is 1.98. The Bertz CT molecular complexity index is 775. The van der Waals surface area contributed by atoms with Crippen LogP contribution in [0, 0.1) is 35.5 Å². The van der Waals surface area contributed by atoms with Gasteiger partial charge in [0.15, 0.2) is 0 Å². The molecule has 5 heteroatoms. The highest BCUT2D eigenvalue weighted by Gasteiger charge is 2.67. The largest absolute Gasteiger partial charge is 0.378 e. The van der Waals surface area contributed by atoms with Gasteiger partial charge in [0.2, 0.25) is 0 Å². The Labute approximate surface area is 147 Å². The van der Waals surface area contributed by atoms with Crippen LogP contribution in [0.25, 0.3) is 0 Å². The Morgan fingerprint density at radius 2 is 1.56 bits per heavy atom. The van der Waals surface area contributed by atoms with Crippen LogP contribution >= 0.6 is 0 Å². The van der Waals surface area contributed by atoms with E-state index in [4.69, 9.17) is 0 Å². The first kappa shape index (κ1) is 14.9. The molecule has 2 bridgehead atoms. The number of hydrazone groups is 1. The van der Waals surface area contributed by atoms with E-state index >= 15 is 0 Å². The molecule has 1 aliphatic heterocycles. The topological polar surface area (TPSA) is 53.0 Å². The smallest absolute Gasteiger partial charge is 0.254 e. The number of anilines is 1. The molecule has 25 heavy (non-hydrogen) atoms. The second kappa shape index (κ2) is 5.04.